The monoisotopic (exact) mass is 404 g/mol. The Kier molecular flexibility index (Phi) is 5.33. The Labute approximate surface area is 156 Å². The maximum atomic E-state index is 12.1. The first-order chi connectivity index (χ1) is 12.1. The summed E-state index contributed by atoms with van der Waals surface area (Å²) in [6, 6.07) is 8.38. The minimum atomic E-state index is -0.278. The van der Waals surface area contributed by atoms with Crippen LogP contribution in [0.5, 0.6) is 11.5 Å². The van der Waals surface area contributed by atoms with Crippen LogP contribution in [0.2, 0.25) is 0 Å². The van der Waals surface area contributed by atoms with E-state index in [1.54, 1.807) is 21.1 Å². The molecule has 0 saturated heterocycles. The lowest BCUT2D eigenvalue weighted by molar-refractivity contribution is -0.142. The van der Waals surface area contributed by atoms with E-state index in [2.05, 4.69) is 34.1 Å². The van der Waals surface area contributed by atoms with Gasteiger partial charge in [-0.25, -0.2) is 0 Å². The molecule has 2 aromatic carbocycles. The molecule has 0 atom stereocenters. The number of hydrogen-bond acceptors (Lipinski definition) is 4. The molecule has 0 aliphatic heterocycles. The zero-order valence-electron chi connectivity index (χ0n) is 14.6. The average molecular weight is 405 g/mol. The van der Waals surface area contributed by atoms with Crippen molar-refractivity contribution >= 4 is 21.9 Å². The van der Waals surface area contributed by atoms with Crippen molar-refractivity contribution < 1.29 is 19.0 Å². The van der Waals surface area contributed by atoms with Crippen LogP contribution < -0.4 is 9.47 Å². The third kappa shape index (κ3) is 3.25. The summed E-state index contributed by atoms with van der Waals surface area (Å²) in [7, 11) is 3.30. The zero-order valence-corrected chi connectivity index (χ0v) is 16.2. The molecule has 5 heteroatoms. The maximum Gasteiger partial charge on any atom is 0.310 e. The first kappa shape index (κ1) is 17.8. The lowest BCUT2D eigenvalue weighted by Crippen LogP contribution is -2.15. The number of hydrogen-bond donors (Lipinski definition) is 0. The fraction of sp³-hybridized carbons (Fsp3) is 0.350. The summed E-state index contributed by atoms with van der Waals surface area (Å²) in [5.41, 5.74) is 5.54. The number of carbonyl (C=O) groups is 1. The Morgan fingerprint density at radius 2 is 1.60 bits per heavy atom. The van der Waals surface area contributed by atoms with Crippen LogP contribution in [0, 0.1) is 0 Å². The molecule has 0 amide bonds. The average Bonchev–Trinajstić information content (AvgIpc) is 2.61. The van der Waals surface area contributed by atoms with E-state index in [-0.39, 0.29) is 12.4 Å². The Bertz CT molecular complexity index is 814. The summed E-state index contributed by atoms with van der Waals surface area (Å²) in [6.07, 6.45) is 1.68. The van der Waals surface area contributed by atoms with Crippen LogP contribution >= 0.6 is 15.9 Å². The van der Waals surface area contributed by atoms with Crippen molar-refractivity contribution in [2.24, 2.45) is 0 Å². The second-order valence-electron chi connectivity index (χ2n) is 5.92. The van der Waals surface area contributed by atoms with Crippen LogP contribution in [0.25, 0.3) is 0 Å². The maximum absolute atomic E-state index is 12.1. The van der Waals surface area contributed by atoms with Crippen molar-refractivity contribution in [1.29, 1.82) is 0 Å². The molecule has 0 heterocycles. The van der Waals surface area contributed by atoms with Gasteiger partial charge in [-0.2, -0.15) is 0 Å². The number of benzene rings is 2. The van der Waals surface area contributed by atoms with E-state index in [4.69, 9.17) is 14.2 Å². The van der Waals surface area contributed by atoms with E-state index in [9.17, 15) is 4.79 Å². The quantitative estimate of drug-likeness (QED) is 0.601. The van der Waals surface area contributed by atoms with Crippen molar-refractivity contribution in [3.8, 4) is 11.5 Å². The Hall–Kier alpha value is -2.01. The highest BCUT2D eigenvalue weighted by molar-refractivity contribution is 9.10. The standard InChI is InChI=1S/C20H21BrO4/c1-4-25-17(22)11-16-18(21)20(24-3)15-10-13-8-6-5-7-12(13)9-14(15)19(16)23-2/h5-8H,4,9-11H2,1-3H3. The van der Waals surface area contributed by atoms with Gasteiger partial charge in [-0.15, -0.1) is 0 Å². The first-order valence-electron chi connectivity index (χ1n) is 8.27. The number of ether oxygens (including phenoxy) is 3. The summed E-state index contributed by atoms with van der Waals surface area (Å²) in [5.74, 6) is 1.23. The summed E-state index contributed by atoms with van der Waals surface area (Å²) in [4.78, 5) is 12.1. The largest absolute Gasteiger partial charge is 0.496 e. The van der Waals surface area contributed by atoms with Crippen LogP contribution in [-0.4, -0.2) is 26.8 Å². The molecule has 0 bridgehead atoms. The first-order valence-corrected chi connectivity index (χ1v) is 9.06. The summed E-state index contributed by atoms with van der Waals surface area (Å²) in [5, 5.41) is 0. The second kappa shape index (κ2) is 7.48. The van der Waals surface area contributed by atoms with Crippen molar-refractivity contribution in [1.82, 2.24) is 0 Å². The molecule has 2 aromatic rings. The van der Waals surface area contributed by atoms with Crippen molar-refractivity contribution in [3.05, 3.63) is 56.6 Å². The van der Waals surface area contributed by atoms with Crippen molar-refractivity contribution in [2.75, 3.05) is 20.8 Å². The smallest absolute Gasteiger partial charge is 0.310 e. The minimum Gasteiger partial charge on any atom is -0.496 e. The second-order valence-corrected chi connectivity index (χ2v) is 6.71. The molecule has 4 nitrogen and oxygen atoms in total. The van der Waals surface area contributed by atoms with E-state index >= 15 is 0 Å². The molecule has 25 heavy (non-hydrogen) atoms. The molecule has 0 N–H and O–H groups in total. The Balaban J connectivity index is 2.15. The number of rotatable bonds is 5. The van der Waals surface area contributed by atoms with Crippen LogP contribution in [0.15, 0.2) is 28.7 Å². The molecule has 0 spiro atoms. The van der Waals surface area contributed by atoms with Gasteiger partial charge in [0.25, 0.3) is 0 Å². The summed E-state index contributed by atoms with van der Waals surface area (Å²) >= 11 is 3.62. The molecule has 3 rings (SSSR count). The molecule has 132 valence electrons. The number of methoxy groups -OCH3 is 2. The van der Waals surface area contributed by atoms with Gasteiger partial charge in [-0.05, 0) is 34.0 Å². The topological polar surface area (TPSA) is 44.8 Å². The zero-order chi connectivity index (χ0) is 18.0. The number of carbonyl (C=O) groups excluding carboxylic acids is 1. The SMILES string of the molecule is CCOC(=O)Cc1c(Br)c(OC)c2c(c1OC)Cc1ccccc1C2. The van der Waals surface area contributed by atoms with Crippen LogP contribution in [-0.2, 0) is 28.8 Å². The van der Waals surface area contributed by atoms with Crippen molar-refractivity contribution in [2.45, 2.75) is 26.2 Å². The van der Waals surface area contributed by atoms with Gasteiger partial charge in [-0.1, -0.05) is 24.3 Å². The predicted molar refractivity (Wildman–Crippen MR) is 99.6 cm³/mol. The molecular formula is C20H21BrO4. The van der Waals surface area contributed by atoms with Gasteiger partial charge >= 0.3 is 5.97 Å². The van der Waals surface area contributed by atoms with Crippen molar-refractivity contribution in [3.63, 3.8) is 0 Å². The van der Waals surface area contributed by atoms with Gasteiger partial charge in [0, 0.05) is 29.5 Å². The molecule has 0 aromatic heterocycles. The van der Waals surface area contributed by atoms with Gasteiger partial charge in [0.2, 0.25) is 0 Å². The van der Waals surface area contributed by atoms with E-state index in [1.807, 2.05) is 6.07 Å². The lowest BCUT2D eigenvalue weighted by Gasteiger charge is -2.27. The number of esters is 1. The fourth-order valence-electron chi connectivity index (χ4n) is 3.46. The number of halogens is 1. The van der Waals surface area contributed by atoms with Crippen LogP contribution in [0.3, 0.4) is 0 Å². The van der Waals surface area contributed by atoms with Gasteiger partial charge < -0.3 is 14.2 Å². The van der Waals surface area contributed by atoms with E-state index in [0.29, 0.717) is 6.61 Å². The molecule has 0 saturated carbocycles. The van der Waals surface area contributed by atoms with Gasteiger partial charge in [0.05, 0.1) is 31.7 Å². The highest BCUT2D eigenvalue weighted by Gasteiger charge is 2.29. The summed E-state index contributed by atoms with van der Waals surface area (Å²) < 4.78 is 17.3. The molecule has 0 unspecified atom stereocenters. The predicted octanol–water partition coefficient (Wildman–Crippen LogP) is 4.07. The van der Waals surface area contributed by atoms with Gasteiger partial charge in [0.1, 0.15) is 11.5 Å². The molecule has 1 aliphatic carbocycles. The summed E-state index contributed by atoms with van der Waals surface area (Å²) in [6.45, 7) is 2.16. The number of fused-ring (bicyclic) bond motifs is 2. The molecule has 1 aliphatic rings. The highest BCUT2D eigenvalue weighted by Crippen LogP contribution is 2.46. The van der Waals surface area contributed by atoms with Crippen LogP contribution in [0.1, 0.15) is 34.7 Å². The normalized spacial score (nSPS) is 12.2. The molecular weight excluding hydrogens is 384 g/mol. The lowest BCUT2D eigenvalue weighted by atomic mass is 9.83. The van der Waals surface area contributed by atoms with Gasteiger partial charge in [-0.3, -0.25) is 4.79 Å². The van der Waals surface area contributed by atoms with Crippen LogP contribution in [0.4, 0.5) is 0 Å². The van der Waals surface area contributed by atoms with E-state index < -0.39 is 0 Å². The van der Waals surface area contributed by atoms with E-state index in [0.717, 1.165) is 45.5 Å². The third-order valence-electron chi connectivity index (χ3n) is 4.54. The minimum absolute atomic E-state index is 0.142. The fourth-order valence-corrected chi connectivity index (χ4v) is 4.18. The van der Waals surface area contributed by atoms with Gasteiger partial charge in [0.15, 0.2) is 0 Å². The third-order valence-corrected chi connectivity index (χ3v) is 5.38. The Morgan fingerprint density at radius 3 is 2.12 bits per heavy atom. The Morgan fingerprint density at radius 1 is 1.04 bits per heavy atom. The molecule has 0 radical (unpaired) electrons. The van der Waals surface area contributed by atoms with E-state index in [1.165, 1.54) is 11.1 Å². The highest BCUT2D eigenvalue weighted by atomic mass is 79.9. The molecule has 0 fully saturated rings.